The first kappa shape index (κ1) is 20.4. The fraction of sp³-hybridized carbons (Fsp3) is 0.316. The molecule has 0 amide bonds. The van der Waals surface area contributed by atoms with E-state index in [1.54, 1.807) is 24.3 Å². The molecule has 0 aliphatic carbocycles. The predicted molar refractivity (Wildman–Crippen MR) is 111 cm³/mol. The van der Waals surface area contributed by atoms with Crippen molar-refractivity contribution < 1.29 is 8.42 Å². The van der Waals surface area contributed by atoms with Crippen LogP contribution in [-0.2, 0) is 10.0 Å². The molecule has 0 fully saturated rings. The Morgan fingerprint density at radius 2 is 1.81 bits per heavy atom. The van der Waals surface area contributed by atoms with Crippen LogP contribution in [0.3, 0.4) is 0 Å². The minimum Gasteiger partial charge on any atom is -0.356 e. The Morgan fingerprint density at radius 1 is 1.12 bits per heavy atom. The van der Waals surface area contributed by atoms with Crippen LogP contribution in [0.1, 0.15) is 31.4 Å². The van der Waals surface area contributed by atoms with Crippen molar-refractivity contribution in [1.82, 2.24) is 9.62 Å². The molecule has 26 heavy (non-hydrogen) atoms. The number of benzene rings is 2. The highest BCUT2D eigenvalue weighted by Crippen LogP contribution is 2.20. The zero-order valence-electron chi connectivity index (χ0n) is 15.3. The zero-order chi connectivity index (χ0) is 19.2. The summed E-state index contributed by atoms with van der Waals surface area (Å²) in [6.07, 6.45) is 1.96. The first-order chi connectivity index (χ1) is 12.3. The van der Waals surface area contributed by atoms with Crippen LogP contribution in [0.4, 0.5) is 5.69 Å². The first-order valence-electron chi connectivity index (χ1n) is 8.49. The Hall–Kier alpha value is -1.96. The highest BCUT2D eigenvalue weighted by atomic mass is 32.2. The summed E-state index contributed by atoms with van der Waals surface area (Å²) in [5.74, 6) is 0. The molecule has 7 heteroatoms. The molecule has 0 spiro atoms. The summed E-state index contributed by atoms with van der Waals surface area (Å²) in [6.45, 7) is 2.13. The third-order valence-corrected chi connectivity index (χ3v) is 5.99. The van der Waals surface area contributed by atoms with Crippen LogP contribution in [0.2, 0.25) is 0 Å². The Morgan fingerprint density at radius 3 is 2.42 bits per heavy atom. The molecule has 0 aliphatic heterocycles. The molecule has 0 aliphatic rings. The third kappa shape index (κ3) is 5.27. The Labute approximate surface area is 161 Å². The van der Waals surface area contributed by atoms with E-state index in [0.29, 0.717) is 10.8 Å². The van der Waals surface area contributed by atoms with E-state index in [4.69, 9.17) is 12.2 Å². The largest absolute Gasteiger partial charge is 0.356 e. The van der Waals surface area contributed by atoms with Crippen LogP contribution in [0, 0.1) is 0 Å². The van der Waals surface area contributed by atoms with Crippen molar-refractivity contribution in [3.63, 3.8) is 0 Å². The lowest BCUT2D eigenvalue weighted by Crippen LogP contribution is -2.32. The summed E-state index contributed by atoms with van der Waals surface area (Å²) in [6, 6.07) is 16.9. The van der Waals surface area contributed by atoms with E-state index in [0.717, 1.165) is 12.8 Å². The van der Waals surface area contributed by atoms with Crippen LogP contribution < -0.4 is 10.6 Å². The molecular formula is C19H25N3O2S2. The average Bonchev–Trinajstić information content (AvgIpc) is 2.62. The van der Waals surface area contributed by atoms with E-state index in [-0.39, 0.29) is 10.9 Å². The lowest BCUT2D eigenvalue weighted by molar-refractivity contribution is 0.521. The highest BCUT2D eigenvalue weighted by Gasteiger charge is 2.17. The van der Waals surface area contributed by atoms with E-state index < -0.39 is 10.0 Å². The van der Waals surface area contributed by atoms with Gasteiger partial charge in [-0.3, -0.25) is 0 Å². The molecule has 0 bridgehead atoms. The van der Waals surface area contributed by atoms with Crippen LogP contribution in [-0.4, -0.2) is 31.9 Å². The third-order valence-electron chi connectivity index (χ3n) is 3.96. The van der Waals surface area contributed by atoms with Crippen molar-refractivity contribution in [3.05, 3.63) is 60.2 Å². The first-order valence-corrected chi connectivity index (χ1v) is 10.3. The van der Waals surface area contributed by atoms with Crippen LogP contribution in [0.25, 0.3) is 0 Å². The van der Waals surface area contributed by atoms with Gasteiger partial charge in [0.05, 0.1) is 10.9 Å². The molecule has 5 nitrogen and oxygen atoms in total. The van der Waals surface area contributed by atoms with Gasteiger partial charge in [0.25, 0.3) is 0 Å². The average molecular weight is 392 g/mol. The molecule has 2 rings (SSSR count). The molecule has 140 valence electrons. The zero-order valence-corrected chi connectivity index (χ0v) is 16.9. The van der Waals surface area contributed by atoms with Gasteiger partial charge in [0.15, 0.2) is 5.11 Å². The molecular weight excluding hydrogens is 366 g/mol. The van der Waals surface area contributed by atoms with E-state index in [2.05, 4.69) is 29.7 Å². The Kier molecular flexibility index (Phi) is 7.14. The number of sulfonamides is 1. The molecule has 2 aromatic rings. The van der Waals surface area contributed by atoms with Crippen molar-refractivity contribution in [1.29, 1.82) is 0 Å². The highest BCUT2D eigenvalue weighted by molar-refractivity contribution is 7.89. The van der Waals surface area contributed by atoms with E-state index in [1.807, 2.05) is 18.2 Å². The van der Waals surface area contributed by atoms with Gasteiger partial charge in [-0.05, 0) is 42.4 Å². The second-order valence-electron chi connectivity index (χ2n) is 6.17. The smallest absolute Gasteiger partial charge is 0.242 e. The maximum Gasteiger partial charge on any atom is 0.242 e. The molecule has 2 N–H and O–H groups in total. The SMILES string of the molecule is CCC[C@@H](NC(=S)Nc1cccc(S(=O)(=O)N(C)C)c1)c1ccccc1. The number of thiocarbonyl (C=S) groups is 1. The fourth-order valence-electron chi connectivity index (χ4n) is 2.57. The number of nitrogens with zero attached hydrogens (tertiary/aromatic N) is 1. The summed E-state index contributed by atoms with van der Waals surface area (Å²) in [4.78, 5) is 0.225. The van der Waals surface area contributed by atoms with Gasteiger partial charge in [-0.15, -0.1) is 0 Å². The molecule has 2 aromatic carbocycles. The van der Waals surface area contributed by atoms with Crippen LogP contribution >= 0.6 is 12.2 Å². The molecule has 0 saturated heterocycles. The second kappa shape index (κ2) is 9.12. The van der Waals surface area contributed by atoms with Crippen LogP contribution in [0.5, 0.6) is 0 Å². The summed E-state index contributed by atoms with van der Waals surface area (Å²) >= 11 is 5.43. The van der Waals surface area contributed by atoms with Crippen molar-refractivity contribution in [3.8, 4) is 0 Å². The van der Waals surface area contributed by atoms with Gasteiger partial charge < -0.3 is 10.6 Å². The quantitative estimate of drug-likeness (QED) is 0.704. The topological polar surface area (TPSA) is 61.4 Å². The summed E-state index contributed by atoms with van der Waals surface area (Å²) < 4.78 is 25.7. The van der Waals surface area contributed by atoms with Gasteiger partial charge in [0, 0.05) is 19.8 Å². The molecule has 0 aromatic heterocycles. The second-order valence-corrected chi connectivity index (χ2v) is 8.73. The molecule has 0 heterocycles. The van der Waals surface area contributed by atoms with Crippen molar-refractivity contribution in [2.45, 2.75) is 30.7 Å². The number of hydrogen-bond acceptors (Lipinski definition) is 3. The Bertz CT molecular complexity index is 837. The minimum absolute atomic E-state index is 0.106. The van der Waals surface area contributed by atoms with E-state index in [1.165, 1.54) is 24.0 Å². The monoisotopic (exact) mass is 391 g/mol. The number of hydrogen-bond donors (Lipinski definition) is 2. The van der Waals surface area contributed by atoms with Gasteiger partial charge in [-0.25, -0.2) is 12.7 Å². The Balaban J connectivity index is 2.12. The lowest BCUT2D eigenvalue weighted by atomic mass is 10.0. The fourth-order valence-corrected chi connectivity index (χ4v) is 3.77. The van der Waals surface area contributed by atoms with Gasteiger partial charge in [0.2, 0.25) is 10.0 Å². The normalized spacial score (nSPS) is 12.6. The van der Waals surface area contributed by atoms with Crippen molar-refractivity contribution in [2.75, 3.05) is 19.4 Å². The van der Waals surface area contributed by atoms with Gasteiger partial charge in [-0.1, -0.05) is 49.7 Å². The van der Waals surface area contributed by atoms with Crippen LogP contribution in [0.15, 0.2) is 59.5 Å². The molecule has 0 radical (unpaired) electrons. The molecule has 1 atom stereocenters. The summed E-state index contributed by atoms with van der Waals surface area (Å²) in [5.41, 5.74) is 1.80. The van der Waals surface area contributed by atoms with Gasteiger partial charge >= 0.3 is 0 Å². The van der Waals surface area contributed by atoms with Crippen molar-refractivity contribution in [2.24, 2.45) is 0 Å². The van der Waals surface area contributed by atoms with E-state index >= 15 is 0 Å². The van der Waals surface area contributed by atoms with E-state index in [9.17, 15) is 8.42 Å². The maximum atomic E-state index is 12.3. The molecule has 0 saturated carbocycles. The minimum atomic E-state index is -3.48. The number of rotatable bonds is 7. The van der Waals surface area contributed by atoms with Gasteiger partial charge in [-0.2, -0.15) is 0 Å². The maximum absolute atomic E-state index is 12.3. The lowest BCUT2D eigenvalue weighted by Gasteiger charge is -2.21. The standard InChI is InChI=1S/C19H25N3O2S2/c1-4-9-18(15-10-6-5-7-11-15)21-19(25)20-16-12-8-13-17(14-16)26(23,24)22(2)3/h5-8,10-14,18H,4,9H2,1-3H3,(H2,20,21,25)/t18-/m1/s1. The number of nitrogens with one attached hydrogen (secondary N) is 2. The van der Waals surface area contributed by atoms with Gasteiger partial charge in [0.1, 0.15) is 0 Å². The summed E-state index contributed by atoms with van der Waals surface area (Å²) in [7, 11) is -0.459. The summed E-state index contributed by atoms with van der Waals surface area (Å²) in [5, 5.41) is 6.88. The molecule has 0 unspecified atom stereocenters. The van der Waals surface area contributed by atoms with Crippen molar-refractivity contribution >= 4 is 33.0 Å². The predicted octanol–water partition coefficient (Wildman–Crippen LogP) is 3.76. The number of anilines is 1.